The normalized spacial score (nSPS) is 14.2. The Morgan fingerprint density at radius 2 is 2.05 bits per heavy atom. The minimum Gasteiger partial charge on any atom is -0.305 e. The molecular weight excluding hydrogens is 318 g/mol. The average molecular weight is 342 g/mol. The van der Waals surface area contributed by atoms with Crippen molar-refractivity contribution in [2.24, 2.45) is 5.92 Å². The quantitative estimate of drug-likeness (QED) is 0.559. The predicted molar refractivity (Wildman–Crippen MR) is 96.8 cm³/mol. The Hall–Kier alpha value is -0.350. The molecule has 1 N–H and O–H groups in total. The summed E-state index contributed by atoms with van der Waals surface area (Å²) < 4.78 is 0.867. The van der Waals surface area contributed by atoms with Gasteiger partial charge in [-0.1, -0.05) is 50.8 Å². The molecule has 0 aromatic carbocycles. The number of halogens is 1. The lowest BCUT2D eigenvalue weighted by atomic mass is 9.99. The maximum absolute atomic E-state index is 6.12. The summed E-state index contributed by atoms with van der Waals surface area (Å²) in [7, 11) is 0. The molecule has 0 spiro atoms. The molecule has 4 heteroatoms. The summed E-state index contributed by atoms with van der Waals surface area (Å²) in [6.45, 7) is 5.64. The number of hydrogen-bond donors (Lipinski definition) is 1. The largest absolute Gasteiger partial charge is 0.305 e. The Kier molecular flexibility index (Phi) is 7.24. The van der Waals surface area contributed by atoms with E-state index in [1.54, 1.807) is 11.3 Å². The third kappa shape index (κ3) is 5.10. The summed E-state index contributed by atoms with van der Waals surface area (Å²) in [6.07, 6.45) is 5.18. The van der Waals surface area contributed by atoms with Gasteiger partial charge in [0, 0.05) is 9.75 Å². The Labute approximate surface area is 141 Å². The van der Waals surface area contributed by atoms with E-state index in [2.05, 4.69) is 42.7 Å². The second kappa shape index (κ2) is 8.94. The molecule has 2 aromatic heterocycles. The highest BCUT2D eigenvalue weighted by atomic mass is 35.5. The second-order valence-corrected chi connectivity index (χ2v) is 8.14. The summed E-state index contributed by atoms with van der Waals surface area (Å²) in [5.74, 6) is 0.767. The molecule has 0 saturated heterocycles. The molecule has 116 valence electrons. The van der Waals surface area contributed by atoms with Crippen LogP contribution in [0.5, 0.6) is 0 Å². The summed E-state index contributed by atoms with van der Waals surface area (Å²) in [5.41, 5.74) is 0. The van der Waals surface area contributed by atoms with Gasteiger partial charge in [0.25, 0.3) is 0 Å². The van der Waals surface area contributed by atoms with E-state index >= 15 is 0 Å². The maximum Gasteiger partial charge on any atom is 0.0931 e. The Balaban J connectivity index is 2.03. The molecule has 1 nitrogen and oxygen atoms in total. The van der Waals surface area contributed by atoms with E-state index in [0.29, 0.717) is 0 Å². The lowest BCUT2D eigenvalue weighted by molar-refractivity contribution is 0.407. The fraction of sp³-hybridized carbons (Fsp3) is 0.529. The van der Waals surface area contributed by atoms with Crippen molar-refractivity contribution in [3.8, 4) is 0 Å². The van der Waals surface area contributed by atoms with Gasteiger partial charge in [0.1, 0.15) is 0 Å². The van der Waals surface area contributed by atoms with Gasteiger partial charge in [-0.25, -0.2) is 0 Å². The topological polar surface area (TPSA) is 12.0 Å². The lowest BCUT2D eigenvalue weighted by Gasteiger charge is -2.21. The van der Waals surface area contributed by atoms with Crippen molar-refractivity contribution in [3.05, 3.63) is 43.7 Å². The molecule has 0 saturated carbocycles. The first-order valence-electron chi connectivity index (χ1n) is 7.76. The van der Waals surface area contributed by atoms with Crippen molar-refractivity contribution in [3.63, 3.8) is 0 Å². The molecule has 2 unspecified atom stereocenters. The highest BCUT2D eigenvalue weighted by molar-refractivity contribution is 7.16. The van der Waals surface area contributed by atoms with Crippen LogP contribution in [0.25, 0.3) is 0 Å². The molecule has 2 heterocycles. The SMILES string of the molecule is CCCCC(CC)CNC(c1cccs1)c1ccc(Cl)s1. The van der Waals surface area contributed by atoms with E-state index in [9.17, 15) is 0 Å². The van der Waals surface area contributed by atoms with Gasteiger partial charge in [0.2, 0.25) is 0 Å². The smallest absolute Gasteiger partial charge is 0.0931 e. The molecular formula is C17H24ClNS2. The van der Waals surface area contributed by atoms with Crippen LogP contribution < -0.4 is 5.32 Å². The molecule has 21 heavy (non-hydrogen) atoms. The summed E-state index contributed by atoms with van der Waals surface area (Å²) in [4.78, 5) is 2.69. The number of hydrogen-bond acceptors (Lipinski definition) is 3. The summed E-state index contributed by atoms with van der Waals surface area (Å²) >= 11 is 9.61. The van der Waals surface area contributed by atoms with E-state index in [1.165, 1.54) is 35.4 Å². The highest BCUT2D eigenvalue weighted by Gasteiger charge is 2.18. The third-order valence-electron chi connectivity index (χ3n) is 3.86. The van der Waals surface area contributed by atoms with Gasteiger partial charge in [-0.05, 0) is 42.5 Å². The van der Waals surface area contributed by atoms with Crippen LogP contribution in [0.4, 0.5) is 0 Å². The van der Waals surface area contributed by atoms with Crippen molar-refractivity contribution >= 4 is 34.3 Å². The molecule has 0 aliphatic rings. The van der Waals surface area contributed by atoms with Crippen LogP contribution in [0.15, 0.2) is 29.6 Å². The Morgan fingerprint density at radius 3 is 2.62 bits per heavy atom. The monoisotopic (exact) mass is 341 g/mol. The van der Waals surface area contributed by atoms with Crippen LogP contribution in [0, 0.1) is 5.92 Å². The molecule has 2 atom stereocenters. The van der Waals surface area contributed by atoms with Gasteiger partial charge >= 0.3 is 0 Å². The second-order valence-electron chi connectivity index (χ2n) is 5.42. The first-order valence-corrected chi connectivity index (χ1v) is 9.84. The van der Waals surface area contributed by atoms with Crippen molar-refractivity contribution in [2.75, 3.05) is 6.54 Å². The van der Waals surface area contributed by atoms with Crippen LogP contribution in [0.1, 0.15) is 55.3 Å². The molecule has 0 aliphatic carbocycles. The summed E-state index contributed by atoms with van der Waals surface area (Å²) in [5, 5.41) is 5.92. The van der Waals surface area contributed by atoms with E-state index in [1.807, 2.05) is 17.4 Å². The van der Waals surface area contributed by atoms with E-state index < -0.39 is 0 Å². The summed E-state index contributed by atoms with van der Waals surface area (Å²) in [6, 6.07) is 8.77. The Bertz CT molecular complexity index is 507. The van der Waals surface area contributed by atoms with Crippen molar-refractivity contribution in [2.45, 2.75) is 45.6 Å². The van der Waals surface area contributed by atoms with Crippen molar-refractivity contribution in [1.29, 1.82) is 0 Å². The molecule has 2 aromatic rings. The van der Waals surface area contributed by atoms with Crippen LogP contribution in [-0.2, 0) is 0 Å². The van der Waals surface area contributed by atoms with Crippen molar-refractivity contribution in [1.82, 2.24) is 5.32 Å². The zero-order chi connectivity index (χ0) is 15.1. The molecule has 2 rings (SSSR count). The lowest BCUT2D eigenvalue weighted by Crippen LogP contribution is -2.27. The van der Waals surface area contributed by atoms with E-state index in [-0.39, 0.29) is 6.04 Å². The molecule has 0 bridgehead atoms. The van der Waals surface area contributed by atoms with Crippen molar-refractivity contribution < 1.29 is 0 Å². The maximum atomic E-state index is 6.12. The van der Waals surface area contributed by atoms with Crippen LogP contribution in [0.3, 0.4) is 0 Å². The standard InChI is InChI=1S/C17H24ClNS2/c1-3-5-7-13(4-2)12-19-17(14-8-6-11-20-14)15-9-10-16(18)21-15/h6,8-11,13,17,19H,3-5,7,12H2,1-2H3. The molecule has 0 radical (unpaired) electrons. The fourth-order valence-corrected chi connectivity index (χ4v) is 4.56. The first kappa shape index (κ1) is 17.0. The number of thiophene rings is 2. The fourth-order valence-electron chi connectivity index (χ4n) is 2.51. The van der Waals surface area contributed by atoms with Crippen LogP contribution in [-0.4, -0.2) is 6.54 Å². The third-order valence-corrected chi connectivity index (χ3v) is 6.09. The average Bonchev–Trinajstić information content (AvgIpc) is 3.15. The highest BCUT2D eigenvalue weighted by Crippen LogP contribution is 2.33. The Morgan fingerprint density at radius 1 is 1.19 bits per heavy atom. The van der Waals surface area contributed by atoms with Gasteiger partial charge < -0.3 is 5.32 Å². The molecule has 0 fully saturated rings. The zero-order valence-electron chi connectivity index (χ0n) is 12.8. The van der Waals surface area contributed by atoms with Gasteiger partial charge in [0.15, 0.2) is 0 Å². The van der Waals surface area contributed by atoms with Gasteiger partial charge in [-0.3, -0.25) is 0 Å². The minimum absolute atomic E-state index is 0.290. The minimum atomic E-state index is 0.290. The van der Waals surface area contributed by atoms with Gasteiger partial charge in [-0.2, -0.15) is 0 Å². The number of unbranched alkanes of at least 4 members (excludes halogenated alkanes) is 1. The van der Waals surface area contributed by atoms with Crippen LogP contribution >= 0.6 is 34.3 Å². The molecule has 0 aliphatic heterocycles. The first-order chi connectivity index (χ1) is 10.2. The van der Waals surface area contributed by atoms with E-state index in [0.717, 1.165) is 16.8 Å². The number of rotatable bonds is 9. The zero-order valence-corrected chi connectivity index (χ0v) is 15.2. The van der Waals surface area contributed by atoms with Gasteiger partial charge in [-0.15, -0.1) is 22.7 Å². The number of nitrogens with one attached hydrogen (secondary N) is 1. The van der Waals surface area contributed by atoms with Crippen LogP contribution in [0.2, 0.25) is 4.34 Å². The van der Waals surface area contributed by atoms with E-state index in [4.69, 9.17) is 11.6 Å². The van der Waals surface area contributed by atoms with Gasteiger partial charge in [0.05, 0.1) is 10.4 Å². The molecule has 0 amide bonds. The predicted octanol–water partition coefficient (Wildman–Crippen LogP) is 6.36.